The second-order valence-corrected chi connectivity index (χ2v) is 6.87. The summed E-state index contributed by atoms with van der Waals surface area (Å²) in [6.45, 7) is 2.34. The minimum atomic E-state index is -0.842. The van der Waals surface area contributed by atoms with Crippen molar-refractivity contribution in [2.75, 3.05) is 11.5 Å². The number of imide groups is 2. The molecule has 1 saturated heterocycles. The van der Waals surface area contributed by atoms with Gasteiger partial charge in [-0.05, 0) is 83.6 Å². The number of rotatable bonds is 4. The zero-order valence-corrected chi connectivity index (χ0v) is 16.4. The van der Waals surface area contributed by atoms with Crippen LogP contribution in [0.5, 0.6) is 11.5 Å². The van der Waals surface area contributed by atoms with Gasteiger partial charge in [-0.3, -0.25) is 14.9 Å². The lowest BCUT2D eigenvalue weighted by atomic mass is 10.1. The molecule has 0 aromatic heterocycles. The molecule has 1 fully saturated rings. The van der Waals surface area contributed by atoms with Crippen molar-refractivity contribution in [2.24, 2.45) is 0 Å². The van der Waals surface area contributed by atoms with Crippen LogP contribution in [-0.2, 0) is 9.59 Å². The van der Waals surface area contributed by atoms with Gasteiger partial charge in [0.1, 0.15) is 17.1 Å². The largest absolute Gasteiger partial charge is 0.508 e. The molecule has 138 valence electrons. The van der Waals surface area contributed by atoms with Crippen LogP contribution in [0, 0.1) is 3.57 Å². The molecule has 4 amide bonds. The summed E-state index contributed by atoms with van der Waals surface area (Å²) < 4.78 is 6.36. The minimum absolute atomic E-state index is 0.00206. The molecule has 0 radical (unpaired) electrons. The van der Waals surface area contributed by atoms with E-state index in [-0.39, 0.29) is 17.0 Å². The number of aromatic hydroxyl groups is 1. The Morgan fingerprint density at radius 1 is 1.15 bits per heavy atom. The van der Waals surface area contributed by atoms with Gasteiger partial charge in [0, 0.05) is 3.57 Å². The highest BCUT2D eigenvalue weighted by molar-refractivity contribution is 14.1. The lowest BCUT2D eigenvalue weighted by Crippen LogP contribution is -2.54. The topological polar surface area (TPSA) is 95.9 Å². The van der Waals surface area contributed by atoms with Gasteiger partial charge in [-0.1, -0.05) is 0 Å². The third-order valence-electron chi connectivity index (χ3n) is 3.73. The summed E-state index contributed by atoms with van der Waals surface area (Å²) in [5.74, 6) is -0.896. The van der Waals surface area contributed by atoms with Gasteiger partial charge in [-0.25, -0.2) is 9.69 Å². The fourth-order valence-corrected chi connectivity index (χ4v) is 3.24. The van der Waals surface area contributed by atoms with Crippen molar-refractivity contribution in [3.8, 4) is 11.5 Å². The highest BCUT2D eigenvalue weighted by Gasteiger charge is 2.36. The van der Waals surface area contributed by atoms with Crippen molar-refractivity contribution in [3.05, 3.63) is 57.2 Å². The SMILES string of the molecule is CCOc1cc(I)cc(/C=C2\C(=O)NC(=O)N(c3ccc(O)cc3)C2=O)c1. The summed E-state index contributed by atoms with van der Waals surface area (Å²) in [5.41, 5.74) is 0.669. The maximum absolute atomic E-state index is 12.8. The number of barbiturate groups is 1. The third-order valence-corrected chi connectivity index (χ3v) is 4.35. The number of hydrogen-bond acceptors (Lipinski definition) is 5. The molecule has 0 unspecified atom stereocenters. The predicted octanol–water partition coefficient (Wildman–Crippen LogP) is 3.06. The van der Waals surface area contributed by atoms with Crippen molar-refractivity contribution in [1.82, 2.24) is 5.32 Å². The molecule has 8 heteroatoms. The summed E-state index contributed by atoms with van der Waals surface area (Å²) in [5, 5.41) is 11.6. The molecule has 0 spiro atoms. The van der Waals surface area contributed by atoms with Crippen molar-refractivity contribution in [2.45, 2.75) is 6.92 Å². The number of benzene rings is 2. The van der Waals surface area contributed by atoms with Gasteiger partial charge in [-0.15, -0.1) is 0 Å². The van der Waals surface area contributed by atoms with E-state index in [4.69, 9.17) is 4.74 Å². The maximum Gasteiger partial charge on any atom is 0.335 e. The van der Waals surface area contributed by atoms with Gasteiger partial charge in [0.05, 0.1) is 12.3 Å². The van der Waals surface area contributed by atoms with Crippen LogP contribution >= 0.6 is 22.6 Å². The molecule has 0 bridgehead atoms. The number of phenols is 1. The molecule has 0 atom stereocenters. The van der Waals surface area contributed by atoms with Crippen LogP contribution < -0.4 is 15.0 Å². The molecule has 2 aromatic rings. The summed E-state index contributed by atoms with van der Waals surface area (Å²) >= 11 is 2.11. The molecule has 1 heterocycles. The fraction of sp³-hybridized carbons (Fsp3) is 0.105. The molecule has 7 nitrogen and oxygen atoms in total. The van der Waals surface area contributed by atoms with Crippen LogP contribution in [0.15, 0.2) is 48.0 Å². The lowest BCUT2D eigenvalue weighted by Gasteiger charge is -2.26. The molecular formula is C19H15IN2O5. The molecule has 27 heavy (non-hydrogen) atoms. The Hall–Kier alpha value is -2.88. The van der Waals surface area contributed by atoms with Crippen LogP contribution in [0.1, 0.15) is 12.5 Å². The number of urea groups is 1. The Kier molecular flexibility index (Phi) is 5.45. The maximum atomic E-state index is 12.8. The van der Waals surface area contributed by atoms with Crippen molar-refractivity contribution >= 4 is 52.2 Å². The van der Waals surface area contributed by atoms with Crippen LogP contribution in [0.25, 0.3) is 6.08 Å². The number of hydrogen-bond donors (Lipinski definition) is 2. The quantitative estimate of drug-likeness (QED) is 0.400. The molecule has 2 N–H and O–H groups in total. The molecule has 0 saturated carbocycles. The monoisotopic (exact) mass is 478 g/mol. The number of ether oxygens (including phenoxy) is 1. The van der Waals surface area contributed by atoms with Crippen LogP contribution in [0.3, 0.4) is 0 Å². The number of amides is 4. The van der Waals surface area contributed by atoms with E-state index in [0.717, 1.165) is 8.47 Å². The summed E-state index contributed by atoms with van der Waals surface area (Å²) in [4.78, 5) is 38.0. The van der Waals surface area contributed by atoms with E-state index in [1.54, 1.807) is 12.1 Å². The van der Waals surface area contributed by atoms with E-state index in [1.807, 2.05) is 13.0 Å². The standard InChI is InChI=1S/C19H15IN2O5/c1-2-27-15-8-11(7-12(20)10-15)9-16-17(24)21-19(26)22(18(16)25)13-3-5-14(23)6-4-13/h3-10,23H,2H2,1H3,(H,21,24,26)/b16-9+. The van der Waals surface area contributed by atoms with Gasteiger partial charge in [0.25, 0.3) is 11.8 Å². The zero-order chi connectivity index (χ0) is 19.6. The molecule has 2 aromatic carbocycles. The highest BCUT2D eigenvalue weighted by Crippen LogP contribution is 2.25. The van der Waals surface area contributed by atoms with Gasteiger partial charge in [0.2, 0.25) is 0 Å². The van der Waals surface area contributed by atoms with E-state index >= 15 is 0 Å². The first-order valence-corrected chi connectivity index (χ1v) is 9.11. The van der Waals surface area contributed by atoms with E-state index in [1.165, 1.54) is 30.3 Å². The van der Waals surface area contributed by atoms with E-state index in [2.05, 4.69) is 27.9 Å². The number of nitrogens with one attached hydrogen (secondary N) is 1. The lowest BCUT2D eigenvalue weighted by molar-refractivity contribution is -0.122. The van der Waals surface area contributed by atoms with Gasteiger partial charge >= 0.3 is 6.03 Å². The fourth-order valence-electron chi connectivity index (χ4n) is 2.58. The number of nitrogens with zero attached hydrogens (tertiary/aromatic N) is 1. The smallest absolute Gasteiger partial charge is 0.335 e. The Bertz CT molecular complexity index is 953. The Morgan fingerprint density at radius 2 is 1.85 bits per heavy atom. The zero-order valence-electron chi connectivity index (χ0n) is 14.2. The minimum Gasteiger partial charge on any atom is -0.508 e. The summed E-state index contributed by atoms with van der Waals surface area (Å²) in [6.07, 6.45) is 1.42. The molecule has 3 rings (SSSR count). The first-order valence-electron chi connectivity index (χ1n) is 8.03. The summed E-state index contributed by atoms with van der Waals surface area (Å²) in [6, 6.07) is 10.0. The van der Waals surface area contributed by atoms with Crippen LogP contribution in [-0.4, -0.2) is 29.6 Å². The average molecular weight is 478 g/mol. The number of carbonyl (C=O) groups is 3. The van der Waals surface area contributed by atoms with Crippen molar-refractivity contribution < 1.29 is 24.2 Å². The van der Waals surface area contributed by atoms with Gasteiger partial charge in [0.15, 0.2) is 0 Å². The number of phenolic OH excluding ortho intramolecular Hbond substituents is 1. The molecule has 1 aliphatic rings. The number of anilines is 1. The number of halogens is 1. The summed E-state index contributed by atoms with van der Waals surface area (Å²) in [7, 11) is 0. The first kappa shape index (κ1) is 18.9. The van der Waals surface area contributed by atoms with Gasteiger partial charge < -0.3 is 9.84 Å². The second kappa shape index (κ2) is 7.78. The third kappa shape index (κ3) is 4.11. The van der Waals surface area contributed by atoms with Crippen molar-refractivity contribution in [1.29, 1.82) is 0 Å². The van der Waals surface area contributed by atoms with E-state index < -0.39 is 17.8 Å². The van der Waals surface area contributed by atoms with Crippen LogP contribution in [0.4, 0.5) is 10.5 Å². The predicted molar refractivity (Wildman–Crippen MR) is 107 cm³/mol. The highest BCUT2D eigenvalue weighted by atomic mass is 127. The number of carbonyl (C=O) groups excluding carboxylic acids is 3. The van der Waals surface area contributed by atoms with Crippen LogP contribution in [0.2, 0.25) is 0 Å². The molecular weight excluding hydrogens is 463 g/mol. The normalized spacial score (nSPS) is 15.9. The first-order chi connectivity index (χ1) is 12.9. The van der Waals surface area contributed by atoms with Gasteiger partial charge in [-0.2, -0.15) is 0 Å². The Morgan fingerprint density at radius 3 is 2.52 bits per heavy atom. The van der Waals surface area contributed by atoms with E-state index in [0.29, 0.717) is 17.9 Å². The van der Waals surface area contributed by atoms with E-state index in [9.17, 15) is 19.5 Å². The molecule has 0 aliphatic carbocycles. The Balaban J connectivity index is 2.00. The second-order valence-electron chi connectivity index (χ2n) is 5.63. The van der Waals surface area contributed by atoms with Crippen molar-refractivity contribution in [3.63, 3.8) is 0 Å². The molecule has 1 aliphatic heterocycles. The Labute approximate surface area is 168 Å². The average Bonchev–Trinajstić information content (AvgIpc) is 2.60.